The van der Waals surface area contributed by atoms with Crippen molar-refractivity contribution in [3.8, 4) is 0 Å². The fourth-order valence-corrected chi connectivity index (χ4v) is 2.78. The number of carbonyl (C=O) groups excluding carboxylic acids is 1. The van der Waals surface area contributed by atoms with Crippen molar-refractivity contribution in [3.63, 3.8) is 0 Å². The minimum Gasteiger partial charge on any atom is -0.339 e. The van der Waals surface area contributed by atoms with E-state index in [2.05, 4.69) is 24.3 Å². The van der Waals surface area contributed by atoms with E-state index < -0.39 is 0 Å². The Morgan fingerprint density at radius 1 is 1.45 bits per heavy atom. The quantitative estimate of drug-likeness (QED) is 0.657. The van der Waals surface area contributed by atoms with Crippen molar-refractivity contribution in [1.29, 1.82) is 0 Å². The van der Waals surface area contributed by atoms with Gasteiger partial charge < -0.3 is 10.3 Å². The molecule has 0 aliphatic heterocycles. The third-order valence-electron chi connectivity index (χ3n) is 4.33. The third kappa shape index (κ3) is 3.28. The second kappa shape index (κ2) is 5.79. The summed E-state index contributed by atoms with van der Waals surface area (Å²) in [6, 6.07) is 3.75. The van der Waals surface area contributed by atoms with E-state index in [0.29, 0.717) is 22.8 Å². The smallest absolute Gasteiger partial charge is 0.254 e. The first-order valence-electron chi connectivity index (χ1n) is 7.13. The lowest BCUT2D eigenvalue weighted by molar-refractivity contribution is 0.0635. The van der Waals surface area contributed by atoms with E-state index in [0.717, 1.165) is 12.8 Å². The van der Waals surface area contributed by atoms with E-state index in [1.54, 1.807) is 18.3 Å². The number of carbonyl (C=O) groups is 1. The molecule has 5 nitrogen and oxygen atoms in total. The molecule has 20 heavy (non-hydrogen) atoms. The molecule has 0 aromatic carbocycles. The van der Waals surface area contributed by atoms with E-state index in [1.165, 1.54) is 12.8 Å². The third-order valence-corrected chi connectivity index (χ3v) is 4.33. The van der Waals surface area contributed by atoms with Gasteiger partial charge in [0.05, 0.1) is 0 Å². The Labute approximate surface area is 120 Å². The van der Waals surface area contributed by atoms with Gasteiger partial charge in [0.1, 0.15) is 5.82 Å². The number of amides is 1. The van der Waals surface area contributed by atoms with Crippen LogP contribution in [0.3, 0.4) is 0 Å². The number of nitrogen functional groups attached to an aromatic ring is 1. The molecule has 0 saturated heterocycles. The van der Waals surface area contributed by atoms with Gasteiger partial charge >= 0.3 is 0 Å². The number of hydrogen-bond donors (Lipinski definition) is 2. The lowest BCUT2D eigenvalue weighted by Crippen LogP contribution is -2.40. The van der Waals surface area contributed by atoms with Gasteiger partial charge in [0, 0.05) is 24.8 Å². The van der Waals surface area contributed by atoms with Gasteiger partial charge in [-0.1, -0.05) is 13.8 Å². The second-order valence-corrected chi connectivity index (χ2v) is 6.39. The van der Waals surface area contributed by atoms with Crippen LogP contribution in [-0.2, 0) is 0 Å². The fraction of sp³-hybridized carbons (Fsp3) is 0.600. The van der Waals surface area contributed by atoms with Gasteiger partial charge in [0.15, 0.2) is 0 Å². The van der Waals surface area contributed by atoms with Crippen molar-refractivity contribution in [1.82, 2.24) is 9.88 Å². The van der Waals surface area contributed by atoms with Crippen molar-refractivity contribution >= 4 is 11.7 Å². The fourth-order valence-electron chi connectivity index (χ4n) is 2.78. The van der Waals surface area contributed by atoms with E-state index in [4.69, 9.17) is 5.84 Å². The second-order valence-electron chi connectivity index (χ2n) is 6.39. The first kappa shape index (κ1) is 14.8. The highest BCUT2D eigenvalue weighted by molar-refractivity contribution is 5.94. The largest absolute Gasteiger partial charge is 0.339 e. The lowest BCUT2D eigenvalue weighted by atomic mass is 9.75. The normalized spacial score (nSPS) is 18.6. The summed E-state index contributed by atoms with van der Waals surface area (Å²) >= 11 is 0. The van der Waals surface area contributed by atoms with Gasteiger partial charge in [-0.15, -0.1) is 0 Å². The Bertz CT molecular complexity index is 477. The van der Waals surface area contributed by atoms with E-state index in [1.807, 2.05) is 11.9 Å². The number of nitrogens with zero attached hydrogens (tertiary/aromatic N) is 2. The lowest BCUT2D eigenvalue weighted by Gasteiger charge is -2.38. The maximum atomic E-state index is 12.5. The molecule has 1 amide bonds. The van der Waals surface area contributed by atoms with Crippen LogP contribution in [0.1, 0.15) is 49.9 Å². The van der Waals surface area contributed by atoms with Gasteiger partial charge in [-0.2, -0.15) is 0 Å². The van der Waals surface area contributed by atoms with Crippen LogP contribution in [0.4, 0.5) is 5.82 Å². The molecule has 1 aromatic rings. The monoisotopic (exact) mass is 276 g/mol. The van der Waals surface area contributed by atoms with Gasteiger partial charge in [-0.05, 0) is 43.2 Å². The molecule has 1 heterocycles. The summed E-state index contributed by atoms with van der Waals surface area (Å²) in [5, 5.41) is 0. The molecule has 0 bridgehead atoms. The molecule has 1 saturated carbocycles. The number of aromatic nitrogens is 1. The average Bonchev–Trinajstić information content (AvgIpc) is 2.46. The summed E-state index contributed by atoms with van der Waals surface area (Å²) in [4.78, 5) is 18.4. The molecule has 110 valence electrons. The van der Waals surface area contributed by atoms with E-state index in [-0.39, 0.29) is 5.91 Å². The number of nitrogens with two attached hydrogens (primary N) is 1. The summed E-state index contributed by atoms with van der Waals surface area (Å²) in [6.07, 6.45) is 6.08. The molecule has 0 spiro atoms. The topological polar surface area (TPSA) is 71.2 Å². The maximum absolute atomic E-state index is 12.5. The zero-order valence-corrected chi connectivity index (χ0v) is 12.5. The first-order valence-corrected chi connectivity index (χ1v) is 7.13. The molecule has 2 rings (SSSR count). The molecule has 3 N–H and O–H groups in total. The van der Waals surface area contributed by atoms with Crippen molar-refractivity contribution in [2.24, 2.45) is 11.3 Å². The SMILES string of the molecule is CN(C(=O)c1ccnc(NN)c1)C1CCC(C)(C)CC1. The Morgan fingerprint density at radius 2 is 2.10 bits per heavy atom. The summed E-state index contributed by atoms with van der Waals surface area (Å²) in [7, 11) is 1.89. The number of pyridine rings is 1. The Morgan fingerprint density at radius 3 is 2.70 bits per heavy atom. The maximum Gasteiger partial charge on any atom is 0.254 e. The van der Waals surface area contributed by atoms with Crippen LogP contribution in [0.5, 0.6) is 0 Å². The highest BCUT2D eigenvalue weighted by atomic mass is 16.2. The van der Waals surface area contributed by atoms with Gasteiger partial charge in [0.2, 0.25) is 0 Å². The molecule has 1 aromatic heterocycles. The number of hydrazine groups is 1. The summed E-state index contributed by atoms with van der Waals surface area (Å²) < 4.78 is 0. The van der Waals surface area contributed by atoms with Crippen LogP contribution in [-0.4, -0.2) is 28.9 Å². The van der Waals surface area contributed by atoms with Crippen molar-refractivity contribution in [3.05, 3.63) is 23.9 Å². The van der Waals surface area contributed by atoms with Gasteiger partial charge in [-0.3, -0.25) is 4.79 Å². The Balaban J connectivity index is 2.05. The molecule has 0 radical (unpaired) electrons. The minimum atomic E-state index is 0.0357. The molecule has 0 unspecified atom stereocenters. The van der Waals surface area contributed by atoms with Crippen LogP contribution in [0.15, 0.2) is 18.3 Å². The Kier molecular flexibility index (Phi) is 4.28. The summed E-state index contributed by atoms with van der Waals surface area (Å²) in [5.74, 6) is 5.87. The number of rotatable bonds is 3. The molecular weight excluding hydrogens is 252 g/mol. The highest BCUT2D eigenvalue weighted by Crippen LogP contribution is 2.36. The summed E-state index contributed by atoms with van der Waals surface area (Å²) in [6.45, 7) is 4.60. The van der Waals surface area contributed by atoms with Gasteiger partial charge in [-0.25, -0.2) is 10.8 Å². The molecule has 0 atom stereocenters. The van der Waals surface area contributed by atoms with E-state index >= 15 is 0 Å². The number of nitrogens with one attached hydrogen (secondary N) is 1. The van der Waals surface area contributed by atoms with Crippen molar-refractivity contribution in [2.45, 2.75) is 45.6 Å². The molecule has 1 aliphatic rings. The van der Waals surface area contributed by atoms with Crippen molar-refractivity contribution in [2.75, 3.05) is 12.5 Å². The minimum absolute atomic E-state index is 0.0357. The zero-order valence-electron chi connectivity index (χ0n) is 12.5. The average molecular weight is 276 g/mol. The Hall–Kier alpha value is -1.62. The molecule has 1 fully saturated rings. The van der Waals surface area contributed by atoms with Crippen LogP contribution >= 0.6 is 0 Å². The van der Waals surface area contributed by atoms with Gasteiger partial charge in [0.25, 0.3) is 5.91 Å². The first-order chi connectivity index (χ1) is 9.43. The predicted octanol–water partition coefficient (Wildman–Crippen LogP) is 2.41. The molecule has 1 aliphatic carbocycles. The van der Waals surface area contributed by atoms with Crippen LogP contribution in [0.25, 0.3) is 0 Å². The highest BCUT2D eigenvalue weighted by Gasteiger charge is 2.30. The van der Waals surface area contributed by atoms with E-state index in [9.17, 15) is 4.79 Å². The van der Waals surface area contributed by atoms with Crippen LogP contribution in [0, 0.1) is 5.41 Å². The predicted molar refractivity (Wildman–Crippen MR) is 80.2 cm³/mol. The number of anilines is 1. The van der Waals surface area contributed by atoms with Crippen LogP contribution < -0.4 is 11.3 Å². The zero-order chi connectivity index (χ0) is 14.8. The standard InChI is InChI=1S/C15H24N4O/c1-15(2)7-4-12(5-8-15)19(3)14(20)11-6-9-17-13(10-11)18-16/h6,9-10,12H,4-5,7-8,16H2,1-3H3,(H,17,18). The van der Waals surface area contributed by atoms with Crippen molar-refractivity contribution < 1.29 is 4.79 Å². The number of hydrogen-bond acceptors (Lipinski definition) is 4. The summed E-state index contributed by atoms with van der Waals surface area (Å²) in [5.41, 5.74) is 3.51. The van der Waals surface area contributed by atoms with Crippen LogP contribution in [0.2, 0.25) is 0 Å². The molecular formula is C15H24N4O. The molecule has 5 heteroatoms.